The fourth-order valence-corrected chi connectivity index (χ4v) is 4.38. The van der Waals surface area contributed by atoms with E-state index < -0.39 is 0 Å². The van der Waals surface area contributed by atoms with E-state index in [1.54, 1.807) is 6.07 Å². The molecule has 1 spiro atoms. The number of rotatable bonds is 3. The third kappa shape index (κ3) is 3.82. The standard InChI is InChI=1S/C20H25FN4/c21-18-5-1-4-17(14-18)15-24-11-2-6-20(16-24)7-12-25(13-8-20)19-22-9-3-10-23-19/h1,3-5,9-10,14H,2,6-8,11-13,15-16H2. The van der Waals surface area contributed by atoms with Gasteiger partial charge in [0.05, 0.1) is 0 Å². The lowest BCUT2D eigenvalue weighted by Gasteiger charge is -2.47. The minimum atomic E-state index is -0.139. The first-order chi connectivity index (χ1) is 12.2. The second-order valence-electron chi connectivity index (χ2n) is 7.48. The molecular weight excluding hydrogens is 315 g/mol. The predicted octanol–water partition coefficient (Wildman–Crippen LogP) is 3.50. The lowest BCUT2D eigenvalue weighted by molar-refractivity contribution is 0.0603. The summed E-state index contributed by atoms with van der Waals surface area (Å²) in [5.74, 6) is 0.713. The van der Waals surface area contributed by atoms with E-state index in [4.69, 9.17) is 0 Å². The van der Waals surface area contributed by atoms with Crippen LogP contribution >= 0.6 is 0 Å². The Bertz CT molecular complexity index is 698. The molecule has 5 heteroatoms. The van der Waals surface area contributed by atoms with Crippen LogP contribution in [0.15, 0.2) is 42.7 Å². The smallest absolute Gasteiger partial charge is 0.225 e. The maximum atomic E-state index is 13.4. The molecule has 4 rings (SSSR count). The average Bonchev–Trinajstić information content (AvgIpc) is 2.63. The van der Waals surface area contributed by atoms with Gasteiger partial charge in [0.15, 0.2) is 0 Å². The number of anilines is 1. The number of likely N-dealkylation sites (tertiary alicyclic amines) is 1. The summed E-state index contributed by atoms with van der Waals surface area (Å²) in [7, 11) is 0. The topological polar surface area (TPSA) is 32.3 Å². The van der Waals surface area contributed by atoms with Crippen molar-refractivity contribution < 1.29 is 4.39 Å². The SMILES string of the molecule is Fc1cccc(CN2CCCC3(CCN(c4ncccn4)CC3)C2)c1. The Labute approximate surface area is 148 Å². The van der Waals surface area contributed by atoms with E-state index in [1.807, 2.05) is 30.6 Å². The molecule has 0 atom stereocenters. The number of aromatic nitrogens is 2. The number of piperidine rings is 2. The molecule has 2 aliphatic heterocycles. The Morgan fingerprint density at radius 1 is 1.00 bits per heavy atom. The molecule has 2 fully saturated rings. The highest BCUT2D eigenvalue weighted by Gasteiger charge is 2.38. The summed E-state index contributed by atoms with van der Waals surface area (Å²) >= 11 is 0. The number of hydrogen-bond acceptors (Lipinski definition) is 4. The van der Waals surface area contributed by atoms with E-state index in [9.17, 15) is 4.39 Å². The Balaban J connectivity index is 1.38. The van der Waals surface area contributed by atoms with Gasteiger partial charge in [0.2, 0.25) is 5.95 Å². The van der Waals surface area contributed by atoms with Gasteiger partial charge in [-0.25, -0.2) is 14.4 Å². The van der Waals surface area contributed by atoms with Crippen molar-refractivity contribution in [3.63, 3.8) is 0 Å². The summed E-state index contributed by atoms with van der Waals surface area (Å²) in [6.45, 7) is 5.14. The molecule has 0 aliphatic carbocycles. The molecule has 2 aliphatic rings. The highest BCUT2D eigenvalue weighted by Crippen LogP contribution is 2.40. The average molecular weight is 340 g/mol. The number of benzene rings is 1. The third-order valence-corrected chi connectivity index (χ3v) is 5.69. The predicted molar refractivity (Wildman–Crippen MR) is 96.8 cm³/mol. The second-order valence-corrected chi connectivity index (χ2v) is 7.48. The highest BCUT2D eigenvalue weighted by molar-refractivity contribution is 5.29. The van der Waals surface area contributed by atoms with Crippen molar-refractivity contribution in [2.45, 2.75) is 32.2 Å². The molecule has 1 aromatic carbocycles. The molecule has 2 aromatic rings. The number of hydrogen-bond donors (Lipinski definition) is 0. The Morgan fingerprint density at radius 3 is 2.56 bits per heavy atom. The number of halogens is 1. The van der Waals surface area contributed by atoms with Crippen molar-refractivity contribution in [1.29, 1.82) is 0 Å². The van der Waals surface area contributed by atoms with Crippen molar-refractivity contribution in [3.8, 4) is 0 Å². The molecular formula is C20H25FN4. The zero-order valence-electron chi connectivity index (χ0n) is 14.6. The molecule has 0 saturated carbocycles. The van der Waals surface area contributed by atoms with E-state index in [0.29, 0.717) is 5.41 Å². The Hall–Kier alpha value is -2.01. The molecule has 25 heavy (non-hydrogen) atoms. The highest BCUT2D eigenvalue weighted by atomic mass is 19.1. The van der Waals surface area contributed by atoms with Gasteiger partial charge >= 0.3 is 0 Å². The van der Waals surface area contributed by atoms with Gasteiger partial charge in [0, 0.05) is 38.6 Å². The summed E-state index contributed by atoms with van der Waals surface area (Å²) < 4.78 is 13.4. The van der Waals surface area contributed by atoms with Gasteiger partial charge in [-0.2, -0.15) is 0 Å². The van der Waals surface area contributed by atoms with Gasteiger partial charge in [0.1, 0.15) is 5.82 Å². The van der Waals surface area contributed by atoms with Crippen LogP contribution in [-0.4, -0.2) is 41.0 Å². The molecule has 1 aromatic heterocycles. The van der Waals surface area contributed by atoms with Gasteiger partial charge in [0.25, 0.3) is 0 Å². The molecule has 0 radical (unpaired) electrons. The summed E-state index contributed by atoms with van der Waals surface area (Å²) in [6.07, 6.45) is 8.53. The van der Waals surface area contributed by atoms with Gasteiger partial charge in [-0.05, 0) is 61.4 Å². The molecule has 0 N–H and O–H groups in total. The Morgan fingerprint density at radius 2 is 1.80 bits per heavy atom. The maximum absolute atomic E-state index is 13.4. The monoisotopic (exact) mass is 340 g/mol. The largest absolute Gasteiger partial charge is 0.341 e. The zero-order valence-corrected chi connectivity index (χ0v) is 14.6. The van der Waals surface area contributed by atoms with Crippen LogP contribution in [0, 0.1) is 11.2 Å². The first-order valence-electron chi connectivity index (χ1n) is 9.21. The molecule has 0 bridgehead atoms. The summed E-state index contributed by atoms with van der Waals surface area (Å²) in [6, 6.07) is 8.88. The fraction of sp³-hybridized carbons (Fsp3) is 0.500. The van der Waals surface area contributed by atoms with Crippen LogP contribution in [-0.2, 0) is 6.54 Å². The van der Waals surface area contributed by atoms with Crippen LogP contribution in [0.1, 0.15) is 31.2 Å². The van der Waals surface area contributed by atoms with E-state index in [-0.39, 0.29) is 5.82 Å². The van der Waals surface area contributed by atoms with Crippen LogP contribution in [0.2, 0.25) is 0 Å². The quantitative estimate of drug-likeness (QED) is 0.856. The second kappa shape index (κ2) is 7.08. The van der Waals surface area contributed by atoms with Crippen LogP contribution in [0.3, 0.4) is 0 Å². The van der Waals surface area contributed by atoms with Gasteiger partial charge in [-0.15, -0.1) is 0 Å². The molecule has 0 unspecified atom stereocenters. The molecule has 2 saturated heterocycles. The lowest BCUT2D eigenvalue weighted by atomic mass is 9.72. The molecule has 3 heterocycles. The van der Waals surface area contributed by atoms with Crippen molar-refractivity contribution in [3.05, 3.63) is 54.1 Å². The summed E-state index contributed by atoms with van der Waals surface area (Å²) in [5, 5.41) is 0. The van der Waals surface area contributed by atoms with Gasteiger partial charge in [-0.1, -0.05) is 12.1 Å². The maximum Gasteiger partial charge on any atom is 0.225 e. The van der Waals surface area contributed by atoms with Gasteiger partial charge < -0.3 is 4.90 Å². The lowest BCUT2D eigenvalue weighted by Crippen LogP contribution is -2.49. The normalized spacial score (nSPS) is 20.8. The van der Waals surface area contributed by atoms with Crippen molar-refractivity contribution in [2.24, 2.45) is 5.41 Å². The van der Waals surface area contributed by atoms with E-state index >= 15 is 0 Å². The van der Waals surface area contributed by atoms with Crippen molar-refractivity contribution in [2.75, 3.05) is 31.1 Å². The zero-order chi connectivity index (χ0) is 17.1. The molecule has 4 nitrogen and oxygen atoms in total. The number of nitrogens with zero attached hydrogens (tertiary/aromatic N) is 4. The van der Waals surface area contributed by atoms with Crippen LogP contribution in [0.25, 0.3) is 0 Å². The third-order valence-electron chi connectivity index (χ3n) is 5.69. The molecule has 0 amide bonds. The van der Waals surface area contributed by atoms with Crippen LogP contribution < -0.4 is 4.90 Å². The Kier molecular flexibility index (Phi) is 4.66. The van der Waals surface area contributed by atoms with Crippen molar-refractivity contribution in [1.82, 2.24) is 14.9 Å². The fourth-order valence-electron chi connectivity index (χ4n) is 4.38. The van der Waals surface area contributed by atoms with E-state index in [2.05, 4.69) is 19.8 Å². The van der Waals surface area contributed by atoms with E-state index in [0.717, 1.165) is 44.2 Å². The summed E-state index contributed by atoms with van der Waals surface area (Å²) in [4.78, 5) is 13.6. The van der Waals surface area contributed by atoms with Crippen LogP contribution in [0.4, 0.5) is 10.3 Å². The van der Waals surface area contributed by atoms with E-state index in [1.165, 1.54) is 31.7 Å². The first-order valence-corrected chi connectivity index (χ1v) is 9.21. The minimum Gasteiger partial charge on any atom is -0.341 e. The summed E-state index contributed by atoms with van der Waals surface area (Å²) in [5.41, 5.74) is 1.48. The van der Waals surface area contributed by atoms with Crippen LogP contribution in [0.5, 0.6) is 0 Å². The minimum absolute atomic E-state index is 0.139. The van der Waals surface area contributed by atoms with Gasteiger partial charge in [-0.3, -0.25) is 4.90 Å². The first kappa shape index (κ1) is 16.5. The molecule has 132 valence electrons. The van der Waals surface area contributed by atoms with Crippen molar-refractivity contribution >= 4 is 5.95 Å².